The molecule has 1 aromatic heterocycles. The number of rotatable bonds is 7. The number of nitrogens with zero attached hydrogens (tertiary/aromatic N) is 3. The van der Waals surface area contributed by atoms with Crippen LogP contribution in [-0.4, -0.2) is 68.1 Å². The molecule has 166 valence electrons. The van der Waals surface area contributed by atoms with Crippen LogP contribution in [0.15, 0.2) is 42.6 Å². The van der Waals surface area contributed by atoms with Gasteiger partial charge in [0.25, 0.3) is 5.91 Å². The Bertz CT molecular complexity index is 892. The van der Waals surface area contributed by atoms with Gasteiger partial charge in [0.1, 0.15) is 17.6 Å². The lowest BCUT2D eigenvalue weighted by Crippen LogP contribution is -2.47. The highest BCUT2D eigenvalue weighted by Crippen LogP contribution is 2.19. The molecule has 0 radical (unpaired) electrons. The topological polar surface area (TPSA) is 86.8 Å². The molecule has 8 heteroatoms. The molecule has 0 saturated carbocycles. The number of carbonyl (C=O) groups is 2. The third kappa shape index (κ3) is 5.73. The van der Waals surface area contributed by atoms with Crippen molar-refractivity contribution in [3.05, 3.63) is 48.2 Å². The van der Waals surface area contributed by atoms with Gasteiger partial charge in [0.15, 0.2) is 0 Å². The van der Waals surface area contributed by atoms with E-state index in [-0.39, 0.29) is 17.7 Å². The van der Waals surface area contributed by atoms with E-state index in [0.717, 1.165) is 32.0 Å². The molecule has 0 unspecified atom stereocenters. The molecule has 1 atom stereocenters. The zero-order valence-electron chi connectivity index (χ0n) is 18.6. The summed E-state index contributed by atoms with van der Waals surface area (Å²) in [4.78, 5) is 34.7. The summed E-state index contributed by atoms with van der Waals surface area (Å²) >= 11 is 0. The number of benzene rings is 1. The second kappa shape index (κ2) is 10.3. The van der Waals surface area contributed by atoms with E-state index in [2.05, 4.69) is 32.5 Å². The molecule has 3 rings (SSSR count). The van der Waals surface area contributed by atoms with Crippen LogP contribution in [0.3, 0.4) is 0 Å². The number of methoxy groups -OCH3 is 1. The Morgan fingerprint density at radius 3 is 2.39 bits per heavy atom. The van der Waals surface area contributed by atoms with Gasteiger partial charge in [-0.25, -0.2) is 4.98 Å². The number of nitrogens with one attached hydrogen (secondary N) is 2. The summed E-state index contributed by atoms with van der Waals surface area (Å²) in [5.74, 6) is 0.626. The van der Waals surface area contributed by atoms with Crippen molar-refractivity contribution in [3.8, 4) is 5.75 Å². The Hall–Kier alpha value is -3.13. The Morgan fingerprint density at radius 1 is 1.06 bits per heavy atom. The van der Waals surface area contributed by atoms with E-state index < -0.39 is 6.04 Å². The van der Waals surface area contributed by atoms with Crippen LogP contribution in [0.5, 0.6) is 5.75 Å². The van der Waals surface area contributed by atoms with Gasteiger partial charge in [-0.3, -0.25) is 9.59 Å². The molecule has 0 spiro atoms. The summed E-state index contributed by atoms with van der Waals surface area (Å²) in [6.45, 7) is 7.65. The SMILES string of the molecule is COc1ccccc1C(=O)N[C@@H](C(=O)Nc1ccc(N2CCN(C)CC2)nc1)C(C)C. The summed E-state index contributed by atoms with van der Waals surface area (Å²) in [7, 11) is 3.62. The molecule has 2 amide bonds. The van der Waals surface area contributed by atoms with Crippen LogP contribution in [0.1, 0.15) is 24.2 Å². The van der Waals surface area contributed by atoms with E-state index >= 15 is 0 Å². The first-order valence-corrected chi connectivity index (χ1v) is 10.5. The molecule has 1 fully saturated rings. The standard InChI is InChI=1S/C23H31N5O3/c1-16(2)21(26-22(29)18-7-5-6-8-19(18)31-4)23(30)25-17-9-10-20(24-15-17)28-13-11-27(3)12-14-28/h5-10,15-16,21H,11-14H2,1-4H3,(H,25,30)(H,26,29)/t21-/m1/s1. The molecular formula is C23H31N5O3. The number of aromatic nitrogens is 1. The minimum absolute atomic E-state index is 0.101. The fraction of sp³-hybridized carbons (Fsp3) is 0.435. The van der Waals surface area contributed by atoms with E-state index in [0.29, 0.717) is 17.0 Å². The first kappa shape index (κ1) is 22.6. The third-order valence-electron chi connectivity index (χ3n) is 5.43. The summed E-state index contributed by atoms with van der Waals surface area (Å²) in [5.41, 5.74) is 0.988. The van der Waals surface area contributed by atoms with Crippen molar-refractivity contribution in [2.24, 2.45) is 5.92 Å². The highest BCUT2D eigenvalue weighted by atomic mass is 16.5. The smallest absolute Gasteiger partial charge is 0.255 e. The predicted molar refractivity (Wildman–Crippen MR) is 122 cm³/mol. The molecule has 31 heavy (non-hydrogen) atoms. The van der Waals surface area contributed by atoms with Gasteiger partial charge in [-0.1, -0.05) is 26.0 Å². The lowest BCUT2D eigenvalue weighted by Gasteiger charge is -2.33. The average molecular weight is 426 g/mol. The third-order valence-corrected chi connectivity index (χ3v) is 5.43. The summed E-state index contributed by atoms with van der Waals surface area (Å²) in [5, 5.41) is 5.70. The van der Waals surface area contributed by atoms with Crippen LogP contribution in [0.4, 0.5) is 11.5 Å². The van der Waals surface area contributed by atoms with Crippen LogP contribution in [0.2, 0.25) is 0 Å². The van der Waals surface area contributed by atoms with Crippen molar-refractivity contribution in [2.75, 3.05) is 50.6 Å². The van der Waals surface area contributed by atoms with E-state index in [1.54, 1.807) is 30.5 Å². The lowest BCUT2D eigenvalue weighted by atomic mass is 10.0. The first-order valence-electron chi connectivity index (χ1n) is 10.5. The van der Waals surface area contributed by atoms with Gasteiger partial charge in [-0.2, -0.15) is 0 Å². The maximum absolute atomic E-state index is 12.9. The van der Waals surface area contributed by atoms with E-state index in [4.69, 9.17) is 4.74 Å². The highest BCUT2D eigenvalue weighted by Gasteiger charge is 2.26. The van der Waals surface area contributed by atoms with Crippen LogP contribution in [0.25, 0.3) is 0 Å². The number of carbonyl (C=O) groups excluding carboxylic acids is 2. The minimum atomic E-state index is -0.699. The summed E-state index contributed by atoms with van der Waals surface area (Å²) in [6, 6.07) is 10.00. The van der Waals surface area contributed by atoms with Gasteiger partial charge in [0.05, 0.1) is 24.6 Å². The number of para-hydroxylation sites is 1. The zero-order chi connectivity index (χ0) is 22.4. The number of likely N-dealkylation sites (N-methyl/N-ethyl adjacent to an activating group) is 1. The highest BCUT2D eigenvalue weighted by molar-refractivity contribution is 6.02. The monoisotopic (exact) mass is 425 g/mol. The lowest BCUT2D eigenvalue weighted by molar-refractivity contribution is -0.118. The Balaban J connectivity index is 1.64. The van der Waals surface area contributed by atoms with Gasteiger partial charge in [-0.05, 0) is 37.2 Å². The molecule has 1 aromatic carbocycles. The van der Waals surface area contributed by atoms with Crippen LogP contribution >= 0.6 is 0 Å². The Labute approximate surface area is 183 Å². The van der Waals surface area contributed by atoms with E-state index in [9.17, 15) is 9.59 Å². The number of ether oxygens (including phenoxy) is 1. The quantitative estimate of drug-likeness (QED) is 0.708. The zero-order valence-corrected chi connectivity index (χ0v) is 18.6. The summed E-state index contributed by atoms with van der Waals surface area (Å²) in [6.07, 6.45) is 1.66. The Morgan fingerprint density at radius 2 is 1.77 bits per heavy atom. The summed E-state index contributed by atoms with van der Waals surface area (Å²) < 4.78 is 5.26. The molecule has 0 bridgehead atoms. The van der Waals surface area contributed by atoms with Gasteiger partial charge >= 0.3 is 0 Å². The number of anilines is 2. The number of piperazine rings is 1. The molecule has 2 aromatic rings. The van der Waals surface area contributed by atoms with E-state index in [1.807, 2.05) is 26.0 Å². The van der Waals surface area contributed by atoms with Crippen molar-refractivity contribution in [1.29, 1.82) is 0 Å². The molecular weight excluding hydrogens is 394 g/mol. The second-order valence-electron chi connectivity index (χ2n) is 8.08. The average Bonchev–Trinajstić information content (AvgIpc) is 2.78. The normalized spacial score (nSPS) is 15.5. The van der Waals surface area contributed by atoms with Crippen molar-refractivity contribution >= 4 is 23.3 Å². The first-order chi connectivity index (χ1) is 14.9. The molecule has 1 aliphatic heterocycles. The molecule has 2 N–H and O–H groups in total. The van der Waals surface area contributed by atoms with Gasteiger partial charge < -0.3 is 25.2 Å². The van der Waals surface area contributed by atoms with Gasteiger partial charge in [0.2, 0.25) is 5.91 Å². The van der Waals surface area contributed by atoms with Crippen LogP contribution in [-0.2, 0) is 4.79 Å². The van der Waals surface area contributed by atoms with E-state index in [1.165, 1.54) is 7.11 Å². The molecule has 1 aliphatic rings. The number of amides is 2. The molecule has 0 aliphatic carbocycles. The van der Waals surface area contributed by atoms with Crippen molar-refractivity contribution < 1.29 is 14.3 Å². The maximum Gasteiger partial charge on any atom is 0.255 e. The van der Waals surface area contributed by atoms with Gasteiger partial charge in [-0.15, -0.1) is 0 Å². The Kier molecular flexibility index (Phi) is 7.46. The second-order valence-corrected chi connectivity index (χ2v) is 8.08. The predicted octanol–water partition coefficient (Wildman–Crippen LogP) is 2.24. The van der Waals surface area contributed by atoms with Crippen molar-refractivity contribution in [1.82, 2.24) is 15.2 Å². The van der Waals surface area contributed by atoms with Gasteiger partial charge in [0, 0.05) is 26.2 Å². The molecule has 1 saturated heterocycles. The van der Waals surface area contributed by atoms with Crippen molar-refractivity contribution in [2.45, 2.75) is 19.9 Å². The maximum atomic E-state index is 12.9. The largest absolute Gasteiger partial charge is 0.496 e. The van der Waals surface area contributed by atoms with Crippen molar-refractivity contribution in [3.63, 3.8) is 0 Å². The minimum Gasteiger partial charge on any atom is -0.496 e. The number of hydrogen-bond donors (Lipinski definition) is 2. The fourth-order valence-corrected chi connectivity index (χ4v) is 3.49. The number of pyridine rings is 1. The molecule has 2 heterocycles. The fourth-order valence-electron chi connectivity index (χ4n) is 3.49. The number of hydrogen-bond acceptors (Lipinski definition) is 6. The molecule has 8 nitrogen and oxygen atoms in total. The van der Waals surface area contributed by atoms with Crippen LogP contribution < -0.4 is 20.3 Å². The van der Waals surface area contributed by atoms with Crippen LogP contribution in [0, 0.1) is 5.92 Å².